The largest absolute Gasteiger partial charge is 0.267 e. The van der Waals surface area contributed by atoms with Gasteiger partial charge in [0.15, 0.2) is 0 Å². The van der Waals surface area contributed by atoms with Gasteiger partial charge in [-0.3, -0.25) is 4.68 Å². The molecular weight excluding hydrogens is 473 g/mol. The first-order valence-electron chi connectivity index (χ1n) is 12.4. The van der Waals surface area contributed by atoms with E-state index in [9.17, 15) is 12.8 Å². The van der Waals surface area contributed by atoms with Crippen LogP contribution >= 0.6 is 0 Å². The Labute approximate surface area is 210 Å². The van der Waals surface area contributed by atoms with Crippen LogP contribution < -0.4 is 4.72 Å². The third-order valence-electron chi connectivity index (χ3n) is 8.53. The van der Waals surface area contributed by atoms with E-state index in [0.717, 1.165) is 53.8 Å². The second-order valence-corrected chi connectivity index (χ2v) is 12.0. The molecule has 1 N–H and O–H groups in total. The van der Waals surface area contributed by atoms with Crippen LogP contribution in [0, 0.1) is 17.7 Å². The molecule has 36 heavy (non-hydrogen) atoms. The molecule has 0 unspecified atom stereocenters. The minimum Gasteiger partial charge on any atom is -0.267 e. The summed E-state index contributed by atoms with van der Waals surface area (Å²) in [6.45, 7) is 0. The Morgan fingerprint density at radius 1 is 0.917 bits per heavy atom. The molecule has 5 nitrogen and oxygen atoms in total. The van der Waals surface area contributed by atoms with Crippen molar-refractivity contribution in [3.05, 3.63) is 95.3 Å². The zero-order chi connectivity index (χ0) is 24.7. The molecule has 0 radical (unpaired) electrons. The van der Waals surface area contributed by atoms with Gasteiger partial charge in [-0.15, -0.1) is 0 Å². The zero-order valence-corrected chi connectivity index (χ0v) is 20.7. The van der Waals surface area contributed by atoms with Gasteiger partial charge < -0.3 is 0 Å². The van der Waals surface area contributed by atoms with Crippen molar-refractivity contribution >= 4 is 10.0 Å². The van der Waals surface area contributed by atoms with E-state index in [-0.39, 0.29) is 17.7 Å². The lowest BCUT2D eigenvalue weighted by Gasteiger charge is -2.35. The van der Waals surface area contributed by atoms with Crippen molar-refractivity contribution in [1.82, 2.24) is 14.5 Å². The molecule has 0 amide bonds. The van der Waals surface area contributed by atoms with Gasteiger partial charge in [-0.05, 0) is 102 Å². The molecular formula is C29H26FN3O2S. The number of halogens is 1. The number of aryl methyl sites for hydroxylation is 1. The van der Waals surface area contributed by atoms with Crippen LogP contribution in [0.4, 0.5) is 4.39 Å². The van der Waals surface area contributed by atoms with Gasteiger partial charge in [0.2, 0.25) is 10.0 Å². The lowest BCUT2D eigenvalue weighted by atomic mass is 9.74. The fraction of sp³-hybridized carbons (Fsp3) is 0.276. The highest BCUT2D eigenvalue weighted by molar-refractivity contribution is 7.89. The van der Waals surface area contributed by atoms with Crippen molar-refractivity contribution in [3.8, 4) is 22.5 Å². The zero-order valence-electron chi connectivity index (χ0n) is 19.9. The molecule has 3 atom stereocenters. The van der Waals surface area contributed by atoms with Crippen molar-refractivity contribution in [3.63, 3.8) is 0 Å². The van der Waals surface area contributed by atoms with Gasteiger partial charge in [0, 0.05) is 12.6 Å². The first-order valence-corrected chi connectivity index (χ1v) is 13.9. The van der Waals surface area contributed by atoms with Crippen molar-refractivity contribution in [1.29, 1.82) is 0 Å². The molecule has 2 bridgehead atoms. The quantitative estimate of drug-likeness (QED) is 0.412. The summed E-state index contributed by atoms with van der Waals surface area (Å²) >= 11 is 0. The highest BCUT2D eigenvalue weighted by Gasteiger charge is 2.59. The van der Waals surface area contributed by atoms with Crippen LogP contribution in [0.5, 0.6) is 0 Å². The molecule has 0 saturated heterocycles. The number of aromatic nitrogens is 2. The maximum atomic E-state index is 13.4. The Morgan fingerprint density at radius 2 is 1.61 bits per heavy atom. The average molecular weight is 500 g/mol. The number of fused-ring (bicyclic) bond motifs is 2. The smallest absolute Gasteiger partial charge is 0.241 e. The Bertz CT molecular complexity index is 1630. The number of hydrogen-bond acceptors (Lipinski definition) is 3. The molecule has 2 aliphatic carbocycles. The van der Waals surface area contributed by atoms with Gasteiger partial charge in [-0.25, -0.2) is 12.8 Å². The predicted octanol–water partition coefficient (Wildman–Crippen LogP) is 5.21. The summed E-state index contributed by atoms with van der Waals surface area (Å²) in [7, 11) is -1.61. The predicted molar refractivity (Wildman–Crippen MR) is 136 cm³/mol. The van der Waals surface area contributed by atoms with E-state index in [1.54, 1.807) is 18.2 Å². The standard InChI is InChI=1S/C29H26FN3O2S/c1-33-27(18-8-12-24(30)13-9-18)17-26(31-33)20-7-6-19-15-22-10-11-23(16-21(19)14-20)29(22)25-4-2-3-5-28(25)36(34,35)32-29/h2-9,12-14,17,22-23,32H,10-11,15-16H2,1H3/t22-,23+,29+/m0/s1. The molecule has 4 aromatic rings. The summed E-state index contributed by atoms with van der Waals surface area (Å²) in [5.41, 5.74) is 6.73. The van der Waals surface area contributed by atoms with Gasteiger partial charge in [0.05, 0.1) is 21.8 Å². The SMILES string of the molecule is Cn1nc(-c2ccc3c(c2)C[C@H]2CC[C@@H](C3)[C@@]23NS(=O)(=O)c2ccccc23)cc1-c1ccc(F)cc1. The summed E-state index contributed by atoms with van der Waals surface area (Å²) in [6.07, 6.45) is 3.70. The van der Waals surface area contributed by atoms with Gasteiger partial charge >= 0.3 is 0 Å². The van der Waals surface area contributed by atoms with Crippen molar-refractivity contribution in [2.75, 3.05) is 0 Å². The Kier molecular flexibility index (Phi) is 4.64. The fourth-order valence-corrected chi connectivity index (χ4v) is 8.69. The van der Waals surface area contributed by atoms with Crippen LogP contribution in [-0.4, -0.2) is 18.2 Å². The number of benzene rings is 3. The van der Waals surface area contributed by atoms with Crippen molar-refractivity contribution in [2.24, 2.45) is 18.9 Å². The van der Waals surface area contributed by atoms with Gasteiger partial charge in [-0.1, -0.05) is 30.3 Å². The van der Waals surface area contributed by atoms with Crippen molar-refractivity contribution in [2.45, 2.75) is 36.1 Å². The van der Waals surface area contributed by atoms with E-state index in [4.69, 9.17) is 5.10 Å². The van der Waals surface area contributed by atoms with E-state index in [1.165, 1.54) is 23.3 Å². The highest BCUT2D eigenvalue weighted by atomic mass is 32.2. The number of sulfonamides is 1. The van der Waals surface area contributed by atoms with E-state index in [1.807, 2.05) is 36.0 Å². The number of nitrogens with zero attached hydrogens (tertiary/aromatic N) is 2. The van der Waals surface area contributed by atoms with Crippen LogP contribution in [0.1, 0.15) is 29.5 Å². The number of rotatable bonds is 2. The first kappa shape index (κ1) is 21.9. The third-order valence-corrected chi connectivity index (χ3v) is 10.1. The molecule has 3 aromatic carbocycles. The minimum atomic E-state index is -3.51. The first-order chi connectivity index (χ1) is 17.3. The van der Waals surface area contributed by atoms with Gasteiger partial charge in [0.25, 0.3) is 0 Å². The summed E-state index contributed by atoms with van der Waals surface area (Å²) in [4.78, 5) is 0.440. The van der Waals surface area contributed by atoms with Gasteiger partial charge in [0.1, 0.15) is 5.82 Å². The van der Waals surface area contributed by atoms with Crippen LogP contribution in [0.25, 0.3) is 22.5 Å². The molecule has 182 valence electrons. The summed E-state index contributed by atoms with van der Waals surface area (Å²) in [5.74, 6) is 0.176. The lowest BCUT2D eigenvalue weighted by molar-refractivity contribution is 0.232. The normalized spacial score (nSPS) is 25.5. The maximum Gasteiger partial charge on any atom is 0.241 e. The van der Waals surface area contributed by atoms with E-state index in [0.29, 0.717) is 4.90 Å². The molecule has 7 rings (SSSR count). The van der Waals surface area contributed by atoms with Crippen LogP contribution in [0.2, 0.25) is 0 Å². The van der Waals surface area contributed by atoms with Crippen LogP contribution in [0.15, 0.2) is 77.7 Å². The van der Waals surface area contributed by atoms with Crippen LogP contribution in [-0.2, 0) is 35.5 Å². The average Bonchev–Trinajstić information content (AvgIpc) is 3.44. The lowest BCUT2D eigenvalue weighted by Crippen LogP contribution is -2.47. The summed E-state index contributed by atoms with van der Waals surface area (Å²) < 4.78 is 44.6. The van der Waals surface area contributed by atoms with Crippen LogP contribution in [0.3, 0.4) is 0 Å². The second-order valence-electron chi connectivity index (χ2n) is 10.4. The third kappa shape index (κ3) is 3.09. The molecule has 3 aliphatic rings. The molecule has 1 spiro atoms. The molecule has 1 fully saturated rings. The van der Waals surface area contributed by atoms with E-state index >= 15 is 0 Å². The summed E-state index contributed by atoms with van der Waals surface area (Å²) in [6, 6.07) is 22.6. The fourth-order valence-electron chi connectivity index (χ4n) is 6.90. The molecule has 7 heteroatoms. The molecule has 1 aliphatic heterocycles. The number of hydrogen-bond donors (Lipinski definition) is 1. The minimum absolute atomic E-state index is 0.205. The maximum absolute atomic E-state index is 13.4. The topological polar surface area (TPSA) is 64.0 Å². The Hall–Kier alpha value is -3.29. The Morgan fingerprint density at radius 3 is 2.39 bits per heavy atom. The van der Waals surface area contributed by atoms with E-state index < -0.39 is 15.6 Å². The molecule has 2 heterocycles. The second kappa shape index (κ2) is 7.60. The Balaban J connectivity index is 1.27. The molecule has 1 aromatic heterocycles. The number of nitrogens with one attached hydrogen (secondary N) is 1. The summed E-state index contributed by atoms with van der Waals surface area (Å²) in [5, 5.41) is 4.75. The van der Waals surface area contributed by atoms with E-state index in [2.05, 4.69) is 22.9 Å². The van der Waals surface area contributed by atoms with Gasteiger partial charge in [-0.2, -0.15) is 9.82 Å². The van der Waals surface area contributed by atoms with Crippen molar-refractivity contribution < 1.29 is 12.8 Å². The monoisotopic (exact) mass is 499 g/mol. The molecule has 1 saturated carbocycles. The highest BCUT2D eigenvalue weighted by Crippen LogP contribution is 2.57.